The second kappa shape index (κ2) is 7.80. The summed E-state index contributed by atoms with van der Waals surface area (Å²) in [6.45, 7) is 14.8. The van der Waals surface area contributed by atoms with Crippen LogP contribution in [0.25, 0.3) is 15.8 Å². The smallest absolute Gasteiger partial charge is 0.150 e. The fraction of sp³-hybridized carbons (Fsp3) is 0.455. The highest BCUT2D eigenvalue weighted by Crippen LogP contribution is 2.30. The van der Waals surface area contributed by atoms with E-state index in [1.807, 2.05) is 4.68 Å². The van der Waals surface area contributed by atoms with Gasteiger partial charge in [0.15, 0.2) is 0 Å². The number of benzene rings is 1. The van der Waals surface area contributed by atoms with E-state index in [-0.39, 0.29) is 0 Å². The summed E-state index contributed by atoms with van der Waals surface area (Å²) in [5.74, 6) is 1.16. The van der Waals surface area contributed by atoms with Gasteiger partial charge in [-0.15, -0.1) is 0 Å². The molecule has 0 radical (unpaired) electrons. The van der Waals surface area contributed by atoms with Crippen LogP contribution < -0.4 is 4.90 Å². The summed E-state index contributed by atoms with van der Waals surface area (Å²) in [6.07, 6.45) is 3.17. The summed E-state index contributed by atoms with van der Waals surface area (Å²) in [6, 6.07) is 8.55. The number of anilines is 1. The predicted octanol–water partition coefficient (Wildman–Crippen LogP) is 3.16. The molecule has 6 nitrogen and oxygen atoms in total. The van der Waals surface area contributed by atoms with Gasteiger partial charge in [-0.05, 0) is 30.6 Å². The normalized spacial score (nSPS) is 17.9. The Morgan fingerprint density at radius 1 is 1.07 bits per heavy atom. The first kappa shape index (κ1) is 18.6. The molecule has 1 aromatic carbocycles. The molecule has 29 heavy (non-hydrogen) atoms. The number of hydrogen-bond acceptors (Lipinski definition) is 6. The minimum atomic E-state index is 0.916. The number of rotatable bonds is 5. The highest BCUT2D eigenvalue weighted by Gasteiger charge is 2.24. The van der Waals surface area contributed by atoms with Crippen molar-refractivity contribution in [2.45, 2.75) is 19.9 Å². The third kappa shape index (κ3) is 3.53. The summed E-state index contributed by atoms with van der Waals surface area (Å²) in [7, 11) is 0. The first-order chi connectivity index (χ1) is 14.2. The Balaban J connectivity index is 1.16. The highest BCUT2D eigenvalue weighted by atomic mass is 32.1. The number of hydrogen-bond donors (Lipinski definition) is 0. The lowest BCUT2D eigenvalue weighted by atomic mass is 10.1. The standard InChI is InChI=1S/C22H28N6S/c1-3-28-16-19-17(2)26(9-8-20(19)23-28)13-10-25-11-14-27(15-12-25)22-18-6-4-5-7-21(18)29-24-22/h4-7,16H,2-3,8-15H2,1H3. The molecule has 1 fully saturated rings. The van der Waals surface area contributed by atoms with E-state index in [0.29, 0.717) is 0 Å². The van der Waals surface area contributed by atoms with E-state index in [0.717, 1.165) is 70.3 Å². The molecule has 1 saturated heterocycles. The number of aromatic nitrogens is 3. The van der Waals surface area contributed by atoms with Crippen molar-refractivity contribution in [3.05, 3.63) is 48.3 Å². The largest absolute Gasteiger partial charge is 0.370 e. The second-order valence-corrected chi connectivity index (χ2v) is 8.66. The molecule has 0 bridgehead atoms. The maximum atomic E-state index is 4.73. The van der Waals surface area contributed by atoms with Crippen LogP contribution in [0.15, 0.2) is 37.0 Å². The van der Waals surface area contributed by atoms with Gasteiger partial charge in [-0.3, -0.25) is 9.58 Å². The zero-order valence-corrected chi connectivity index (χ0v) is 17.9. The quantitative estimate of drug-likeness (QED) is 0.649. The molecule has 2 aromatic heterocycles. The number of nitrogens with zero attached hydrogens (tertiary/aromatic N) is 6. The van der Waals surface area contributed by atoms with Crippen LogP contribution in [-0.4, -0.2) is 69.8 Å². The van der Waals surface area contributed by atoms with Gasteiger partial charge in [-0.2, -0.15) is 9.47 Å². The summed E-state index contributed by atoms with van der Waals surface area (Å²) in [4.78, 5) is 7.45. The molecule has 3 aromatic rings. The minimum Gasteiger partial charge on any atom is -0.370 e. The van der Waals surface area contributed by atoms with E-state index >= 15 is 0 Å². The minimum absolute atomic E-state index is 0.916. The molecule has 152 valence electrons. The van der Waals surface area contributed by atoms with E-state index < -0.39 is 0 Å². The molecule has 0 spiro atoms. The van der Waals surface area contributed by atoms with E-state index in [4.69, 9.17) is 4.37 Å². The fourth-order valence-electron chi connectivity index (χ4n) is 4.39. The van der Waals surface area contributed by atoms with Crippen molar-refractivity contribution < 1.29 is 0 Å². The Kier molecular flexibility index (Phi) is 5.01. The molecule has 5 rings (SSSR count). The van der Waals surface area contributed by atoms with Gasteiger partial charge < -0.3 is 9.80 Å². The van der Waals surface area contributed by atoms with Gasteiger partial charge >= 0.3 is 0 Å². The third-order valence-corrected chi connectivity index (χ3v) is 7.01. The lowest BCUT2D eigenvalue weighted by Crippen LogP contribution is -2.48. The van der Waals surface area contributed by atoms with Crippen molar-refractivity contribution in [1.29, 1.82) is 0 Å². The SMILES string of the molecule is C=C1c2cn(CC)nc2CCN1CCN1CCN(c2nsc3ccccc23)CC1. The molecule has 7 heteroatoms. The van der Waals surface area contributed by atoms with E-state index in [1.54, 1.807) is 11.5 Å². The lowest BCUT2D eigenvalue weighted by Gasteiger charge is -2.37. The molecule has 0 amide bonds. The van der Waals surface area contributed by atoms with E-state index in [2.05, 4.69) is 63.8 Å². The van der Waals surface area contributed by atoms with Gasteiger partial charge in [0.05, 0.1) is 10.4 Å². The van der Waals surface area contributed by atoms with Gasteiger partial charge in [0.2, 0.25) is 0 Å². The summed E-state index contributed by atoms with van der Waals surface area (Å²) in [5.41, 5.74) is 3.58. The predicted molar refractivity (Wildman–Crippen MR) is 120 cm³/mol. The Morgan fingerprint density at radius 3 is 2.72 bits per heavy atom. The Morgan fingerprint density at radius 2 is 1.90 bits per heavy atom. The van der Waals surface area contributed by atoms with Gasteiger partial charge in [-0.25, -0.2) is 0 Å². The van der Waals surface area contributed by atoms with Crippen LogP contribution in [0.1, 0.15) is 18.2 Å². The number of fused-ring (bicyclic) bond motifs is 2. The summed E-state index contributed by atoms with van der Waals surface area (Å²) >= 11 is 1.61. The van der Waals surface area contributed by atoms with Crippen molar-refractivity contribution in [1.82, 2.24) is 24.0 Å². The number of aryl methyl sites for hydroxylation is 1. The monoisotopic (exact) mass is 408 g/mol. The number of piperazine rings is 1. The Labute approximate surface area is 176 Å². The summed E-state index contributed by atoms with van der Waals surface area (Å²) in [5, 5.41) is 5.96. The average molecular weight is 409 g/mol. The van der Waals surface area contributed by atoms with Crippen molar-refractivity contribution in [3.63, 3.8) is 0 Å². The van der Waals surface area contributed by atoms with Crippen molar-refractivity contribution in [2.75, 3.05) is 50.7 Å². The van der Waals surface area contributed by atoms with E-state index in [9.17, 15) is 0 Å². The van der Waals surface area contributed by atoms with Crippen molar-refractivity contribution in [3.8, 4) is 0 Å². The highest BCUT2D eigenvalue weighted by molar-refractivity contribution is 7.13. The van der Waals surface area contributed by atoms with Crippen LogP contribution >= 0.6 is 11.5 Å². The maximum Gasteiger partial charge on any atom is 0.150 e. The molecule has 2 aliphatic heterocycles. The molecule has 0 unspecified atom stereocenters. The van der Waals surface area contributed by atoms with Gasteiger partial charge in [-0.1, -0.05) is 18.7 Å². The third-order valence-electron chi connectivity index (χ3n) is 6.19. The maximum absolute atomic E-state index is 4.73. The van der Waals surface area contributed by atoms with Crippen LogP contribution in [-0.2, 0) is 13.0 Å². The molecular formula is C22H28N6S. The van der Waals surface area contributed by atoms with Crippen LogP contribution in [0.3, 0.4) is 0 Å². The lowest BCUT2D eigenvalue weighted by molar-refractivity contribution is 0.229. The Hall–Kier alpha value is -2.38. The first-order valence-corrected chi connectivity index (χ1v) is 11.3. The molecule has 0 N–H and O–H groups in total. The van der Waals surface area contributed by atoms with Gasteiger partial charge in [0.1, 0.15) is 5.82 Å². The molecule has 2 aliphatic rings. The zero-order chi connectivity index (χ0) is 19.8. The molecule has 4 heterocycles. The van der Waals surface area contributed by atoms with Gasteiger partial charge in [0.25, 0.3) is 0 Å². The van der Waals surface area contributed by atoms with Crippen LogP contribution in [0.4, 0.5) is 5.82 Å². The fourth-order valence-corrected chi connectivity index (χ4v) is 5.18. The molecule has 0 aliphatic carbocycles. The topological polar surface area (TPSA) is 40.4 Å². The molecule has 0 atom stereocenters. The van der Waals surface area contributed by atoms with Crippen molar-refractivity contribution in [2.24, 2.45) is 0 Å². The summed E-state index contributed by atoms with van der Waals surface area (Å²) < 4.78 is 8.03. The first-order valence-electron chi connectivity index (χ1n) is 10.5. The van der Waals surface area contributed by atoms with E-state index in [1.165, 1.54) is 21.3 Å². The Bertz CT molecular complexity index is 1010. The van der Waals surface area contributed by atoms with Crippen molar-refractivity contribution >= 4 is 33.1 Å². The van der Waals surface area contributed by atoms with Crippen LogP contribution in [0, 0.1) is 0 Å². The molecule has 0 saturated carbocycles. The van der Waals surface area contributed by atoms with Gasteiger partial charge in [0, 0.05) is 81.6 Å². The second-order valence-electron chi connectivity index (χ2n) is 7.86. The molecular weight excluding hydrogens is 380 g/mol. The van der Waals surface area contributed by atoms with Crippen LogP contribution in [0.2, 0.25) is 0 Å². The zero-order valence-electron chi connectivity index (χ0n) is 17.0. The average Bonchev–Trinajstić information content (AvgIpc) is 3.38. The van der Waals surface area contributed by atoms with Crippen LogP contribution in [0.5, 0.6) is 0 Å².